The predicted octanol–water partition coefficient (Wildman–Crippen LogP) is 2.07. The van der Waals surface area contributed by atoms with E-state index >= 15 is 0 Å². The molecular formula is C13H12O5. The van der Waals surface area contributed by atoms with E-state index in [0.717, 1.165) is 0 Å². The van der Waals surface area contributed by atoms with Crippen molar-refractivity contribution in [2.24, 2.45) is 0 Å². The molecule has 0 saturated heterocycles. The number of carboxylic acids is 1. The van der Waals surface area contributed by atoms with Gasteiger partial charge in [-0.1, -0.05) is 18.2 Å². The fourth-order valence-corrected chi connectivity index (χ4v) is 1.66. The molecule has 94 valence electrons. The molecule has 0 saturated carbocycles. The molecule has 0 spiro atoms. The van der Waals surface area contributed by atoms with Crippen LogP contribution >= 0.6 is 0 Å². The molecule has 2 N–H and O–H groups in total. The number of hydrogen-bond acceptors (Lipinski definition) is 4. The first-order chi connectivity index (χ1) is 8.63. The van der Waals surface area contributed by atoms with E-state index in [4.69, 9.17) is 14.3 Å². The van der Waals surface area contributed by atoms with Gasteiger partial charge in [-0.3, -0.25) is 0 Å². The van der Waals surface area contributed by atoms with Crippen LogP contribution in [0.2, 0.25) is 0 Å². The zero-order valence-corrected chi connectivity index (χ0v) is 9.66. The molecule has 1 heterocycles. The van der Waals surface area contributed by atoms with Crippen molar-refractivity contribution < 1.29 is 24.2 Å². The van der Waals surface area contributed by atoms with Crippen LogP contribution in [0.1, 0.15) is 28.0 Å². The highest BCUT2D eigenvalue weighted by Crippen LogP contribution is 2.30. The number of ether oxygens (including phenoxy) is 1. The van der Waals surface area contributed by atoms with Crippen LogP contribution in [-0.2, 0) is 0 Å². The van der Waals surface area contributed by atoms with E-state index < -0.39 is 12.1 Å². The topological polar surface area (TPSA) is 79.9 Å². The van der Waals surface area contributed by atoms with Crippen molar-refractivity contribution >= 4 is 5.97 Å². The first-order valence-corrected chi connectivity index (χ1v) is 5.27. The predicted molar refractivity (Wildman–Crippen MR) is 62.7 cm³/mol. The van der Waals surface area contributed by atoms with Gasteiger partial charge in [0.05, 0.1) is 7.11 Å². The number of aromatic carboxylic acids is 1. The molecule has 5 nitrogen and oxygen atoms in total. The number of furan rings is 1. The minimum absolute atomic E-state index is 0.164. The van der Waals surface area contributed by atoms with E-state index in [-0.39, 0.29) is 11.5 Å². The van der Waals surface area contributed by atoms with Crippen molar-refractivity contribution in [1.82, 2.24) is 0 Å². The standard InChI is InChI=1S/C13H12O5/c1-17-9-5-3-2-4-8(9)12(14)10-6-7-11(18-10)13(15)16/h2-7,12,14H,1H3,(H,15,16). The Morgan fingerprint density at radius 2 is 2.00 bits per heavy atom. The normalized spacial score (nSPS) is 12.1. The van der Waals surface area contributed by atoms with E-state index in [1.165, 1.54) is 19.2 Å². The zero-order valence-electron chi connectivity index (χ0n) is 9.66. The molecule has 0 aliphatic rings. The molecule has 0 aliphatic heterocycles. The van der Waals surface area contributed by atoms with Crippen LogP contribution in [0.3, 0.4) is 0 Å². The summed E-state index contributed by atoms with van der Waals surface area (Å²) in [4.78, 5) is 10.7. The molecule has 18 heavy (non-hydrogen) atoms. The third-order valence-electron chi connectivity index (χ3n) is 2.54. The molecule has 1 unspecified atom stereocenters. The van der Waals surface area contributed by atoms with Crippen molar-refractivity contribution in [3.8, 4) is 5.75 Å². The number of aliphatic hydroxyl groups is 1. The van der Waals surface area contributed by atoms with Crippen LogP contribution in [0, 0.1) is 0 Å². The van der Waals surface area contributed by atoms with Crippen molar-refractivity contribution in [2.75, 3.05) is 7.11 Å². The van der Waals surface area contributed by atoms with Gasteiger partial charge in [-0.2, -0.15) is 0 Å². The lowest BCUT2D eigenvalue weighted by molar-refractivity contribution is 0.0655. The zero-order chi connectivity index (χ0) is 13.1. The van der Waals surface area contributed by atoms with Gasteiger partial charge < -0.3 is 19.4 Å². The molecule has 1 aromatic carbocycles. The fraction of sp³-hybridized carbons (Fsp3) is 0.154. The molecule has 0 amide bonds. The SMILES string of the molecule is COc1ccccc1C(O)c1ccc(C(=O)O)o1. The first-order valence-electron chi connectivity index (χ1n) is 5.27. The van der Waals surface area contributed by atoms with Crippen molar-refractivity contribution in [3.63, 3.8) is 0 Å². The lowest BCUT2D eigenvalue weighted by Crippen LogP contribution is -2.01. The van der Waals surface area contributed by atoms with E-state index in [0.29, 0.717) is 11.3 Å². The van der Waals surface area contributed by atoms with Gasteiger partial charge in [-0.15, -0.1) is 0 Å². The minimum atomic E-state index is -1.17. The molecule has 0 fully saturated rings. The Hall–Kier alpha value is -2.27. The Labute approximate surface area is 103 Å². The van der Waals surface area contributed by atoms with Gasteiger partial charge in [0.25, 0.3) is 0 Å². The van der Waals surface area contributed by atoms with Gasteiger partial charge >= 0.3 is 5.97 Å². The van der Waals surface area contributed by atoms with Crippen molar-refractivity contribution in [1.29, 1.82) is 0 Å². The molecule has 1 aromatic heterocycles. The molecule has 0 radical (unpaired) electrons. The smallest absolute Gasteiger partial charge is 0.371 e. The lowest BCUT2D eigenvalue weighted by atomic mass is 10.1. The molecule has 2 aromatic rings. The average Bonchev–Trinajstić information content (AvgIpc) is 2.87. The van der Waals surface area contributed by atoms with Crippen molar-refractivity contribution in [2.45, 2.75) is 6.10 Å². The molecule has 0 bridgehead atoms. The summed E-state index contributed by atoms with van der Waals surface area (Å²) in [5.41, 5.74) is 0.520. The van der Waals surface area contributed by atoms with Gasteiger partial charge in [-0.25, -0.2) is 4.79 Å². The monoisotopic (exact) mass is 248 g/mol. The number of rotatable bonds is 4. The third-order valence-corrected chi connectivity index (χ3v) is 2.54. The highest BCUT2D eigenvalue weighted by molar-refractivity contribution is 5.84. The Bertz CT molecular complexity index is 558. The van der Waals surface area contributed by atoms with E-state index in [1.54, 1.807) is 24.3 Å². The maximum atomic E-state index is 10.7. The van der Waals surface area contributed by atoms with E-state index in [1.807, 2.05) is 0 Å². The van der Waals surface area contributed by atoms with Gasteiger partial charge in [0.2, 0.25) is 5.76 Å². The second-order valence-corrected chi connectivity index (χ2v) is 3.65. The van der Waals surface area contributed by atoms with Crippen LogP contribution in [0.15, 0.2) is 40.8 Å². The summed E-state index contributed by atoms with van der Waals surface area (Å²) in [5, 5.41) is 18.9. The Morgan fingerprint density at radius 3 is 2.61 bits per heavy atom. The molecule has 0 aliphatic carbocycles. The van der Waals surface area contributed by atoms with E-state index in [2.05, 4.69) is 0 Å². The third kappa shape index (κ3) is 2.21. The molecule has 5 heteroatoms. The Balaban J connectivity index is 2.35. The molecule has 1 atom stereocenters. The van der Waals surface area contributed by atoms with Crippen LogP contribution in [-0.4, -0.2) is 23.3 Å². The summed E-state index contributed by atoms with van der Waals surface area (Å²) in [6.45, 7) is 0. The van der Waals surface area contributed by atoms with Crippen LogP contribution in [0.25, 0.3) is 0 Å². The summed E-state index contributed by atoms with van der Waals surface area (Å²) in [7, 11) is 1.50. The number of aliphatic hydroxyl groups excluding tert-OH is 1. The summed E-state index contributed by atoms with van der Waals surface area (Å²) in [6, 6.07) is 9.66. The summed E-state index contributed by atoms with van der Waals surface area (Å²) in [5.74, 6) is -0.706. The second-order valence-electron chi connectivity index (χ2n) is 3.65. The summed E-state index contributed by atoms with van der Waals surface area (Å²) >= 11 is 0. The maximum Gasteiger partial charge on any atom is 0.371 e. The summed E-state index contributed by atoms with van der Waals surface area (Å²) < 4.78 is 10.2. The number of methoxy groups -OCH3 is 1. The minimum Gasteiger partial charge on any atom is -0.496 e. The number of benzene rings is 1. The van der Waals surface area contributed by atoms with Gasteiger partial charge in [0, 0.05) is 5.56 Å². The first kappa shape index (κ1) is 12.2. The molecule has 2 rings (SSSR count). The van der Waals surface area contributed by atoms with Crippen molar-refractivity contribution in [3.05, 3.63) is 53.5 Å². The number of para-hydroxylation sites is 1. The van der Waals surface area contributed by atoms with Crippen LogP contribution < -0.4 is 4.74 Å². The Kier molecular flexibility index (Phi) is 3.34. The number of carbonyl (C=O) groups is 1. The number of hydrogen-bond donors (Lipinski definition) is 2. The van der Waals surface area contributed by atoms with Gasteiger partial charge in [-0.05, 0) is 18.2 Å². The Morgan fingerprint density at radius 1 is 1.28 bits per heavy atom. The quantitative estimate of drug-likeness (QED) is 0.865. The lowest BCUT2D eigenvalue weighted by Gasteiger charge is -2.12. The largest absolute Gasteiger partial charge is 0.496 e. The molecular weight excluding hydrogens is 236 g/mol. The van der Waals surface area contributed by atoms with E-state index in [9.17, 15) is 9.90 Å². The maximum absolute atomic E-state index is 10.7. The van der Waals surface area contributed by atoms with Crippen LogP contribution in [0.5, 0.6) is 5.75 Å². The highest BCUT2D eigenvalue weighted by Gasteiger charge is 2.20. The second kappa shape index (κ2) is 4.93. The van der Waals surface area contributed by atoms with Gasteiger partial charge in [0.15, 0.2) is 0 Å². The van der Waals surface area contributed by atoms with Crippen LogP contribution in [0.4, 0.5) is 0 Å². The average molecular weight is 248 g/mol. The van der Waals surface area contributed by atoms with Gasteiger partial charge in [0.1, 0.15) is 17.6 Å². The summed E-state index contributed by atoms with van der Waals surface area (Å²) in [6.07, 6.45) is -1.06. The number of carboxylic acid groups (broad SMARTS) is 1. The fourth-order valence-electron chi connectivity index (χ4n) is 1.66. The highest BCUT2D eigenvalue weighted by atomic mass is 16.5.